The molecule has 0 fully saturated rings. The molecule has 3 aromatic rings. The molecular formula is C21H24N4O4. The Labute approximate surface area is 169 Å². The molecule has 1 amide bonds. The molecule has 0 radical (unpaired) electrons. The van der Waals surface area contributed by atoms with Crippen molar-refractivity contribution in [3.63, 3.8) is 0 Å². The number of hydrogen-bond acceptors (Lipinski definition) is 7. The van der Waals surface area contributed by atoms with Crippen LogP contribution in [0.3, 0.4) is 0 Å². The molecule has 0 saturated carbocycles. The molecule has 3 rings (SSSR count). The van der Waals surface area contributed by atoms with Crippen LogP contribution in [-0.2, 0) is 11.3 Å². The second-order valence-corrected chi connectivity index (χ2v) is 6.44. The van der Waals surface area contributed by atoms with Crippen LogP contribution in [0.2, 0.25) is 0 Å². The summed E-state index contributed by atoms with van der Waals surface area (Å²) in [6.07, 6.45) is 1.74. The largest absolute Gasteiger partial charge is 0.484 e. The highest BCUT2D eigenvalue weighted by atomic mass is 16.5. The Hall–Kier alpha value is -3.55. The van der Waals surface area contributed by atoms with Crippen molar-refractivity contribution < 1.29 is 18.8 Å². The Kier molecular flexibility index (Phi) is 6.33. The minimum absolute atomic E-state index is 0.0232. The van der Waals surface area contributed by atoms with E-state index < -0.39 is 0 Å². The van der Waals surface area contributed by atoms with E-state index in [4.69, 9.17) is 14.0 Å². The lowest BCUT2D eigenvalue weighted by Gasteiger charge is -2.13. The van der Waals surface area contributed by atoms with Crippen molar-refractivity contribution in [1.29, 1.82) is 0 Å². The van der Waals surface area contributed by atoms with Crippen molar-refractivity contribution in [2.75, 3.05) is 26.1 Å². The fourth-order valence-electron chi connectivity index (χ4n) is 2.94. The second kappa shape index (κ2) is 9.09. The van der Waals surface area contributed by atoms with Crippen molar-refractivity contribution in [3.05, 3.63) is 53.5 Å². The van der Waals surface area contributed by atoms with Crippen LogP contribution in [0, 0.1) is 13.8 Å². The van der Waals surface area contributed by atoms with Crippen LogP contribution in [0.15, 0.2) is 41.1 Å². The number of amides is 1. The Morgan fingerprint density at radius 3 is 2.76 bits per heavy atom. The van der Waals surface area contributed by atoms with Gasteiger partial charge in [0.2, 0.25) is 5.88 Å². The minimum atomic E-state index is -0.180. The maximum atomic E-state index is 11.3. The van der Waals surface area contributed by atoms with Gasteiger partial charge in [0.25, 0.3) is 5.91 Å². The molecular weight excluding hydrogens is 372 g/mol. The average Bonchev–Trinajstić information content (AvgIpc) is 3.08. The van der Waals surface area contributed by atoms with E-state index in [0.29, 0.717) is 18.2 Å². The number of aromatic nitrogens is 2. The van der Waals surface area contributed by atoms with Crippen LogP contribution in [0.4, 0.5) is 5.69 Å². The Morgan fingerprint density at radius 2 is 2.07 bits per heavy atom. The van der Waals surface area contributed by atoms with Gasteiger partial charge in [-0.2, -0.15) is 0 Å². The van der Waals surface area contributed by atoms with E-state index in [2.05, 4.69) is 20.8 Å². The first-order valence-corrected chi connectivity index (χ1v) is 9.15. The predicted molar refractivity (Wildman–Crippen MR) is 109 cm³/mol. The molecule has 0 bridgehead atoms. The normalized spacial score (nSPS) is 10.5. The van der Waals surface area contributed by atoms with Crippen LogP contribution in [-0.4, -0.2) is 36.8 Å². The lowest BCUT2D eigenvalue weighted by molar-refractivity contribution is -0.122. The number of hydrogen-bond donors (Lipinski definition) is 2. The van der Waals surface area contributed by atoms with Gasteiger partial charge >= 0.3 is 0 Å². The summed E-state index contributed by atoms with van der Waals surface area (Å²) in [4.78, 5) is 15.7. The van der Waals surface area contributed by atoms with E-state index in [1.165, 1.54) is 0 Å². The van der Waals surface area contributed by atoms with E-state index in [0.717, 1.165) is 33.8 Å². The predicted octanol–water partition coefficient (Wildman–Crippen LogP) is 3.10. The fourth-order valence-corrected chi connectivity index (χ4v) is 2.94. The highest BCUT2D eigenvalue weighted by molar-refractivity contribution is 5.77. The minimum Gasteiger partial charge on any atom is -0.484 e. The van der Waals surface area contributed by atoms with E-state index in [1.807, 2.05) is 44.2 Å². The van der Waals surface area contributed by atoms with Crippen molar-refractivity contribution >= 4 is 11.6 Å². The molecule has 2 heterocycles. The molecule has 0 aliphatic rings. The lowest BCUT2D eigenvalue weighted by Crippen LogP contribution is -2.24. The standard InChI is InChI=1S/C21H24N4O4/c1-13-20(14(2)29-25-13)16-9-18(21(27-4)24-11-16)23-10-15-6-5-7-17(8-15)28-12-19(26)22-3/h5-9,11,23H,10,12H2,1-4H3,(H,22,26). The van der Waals surface area contributed by atoms with E-state index in [1.54, 1.807) is 20.4 Å². The van der Waals surface area contributed by atoms with E-state index in [-0.39, 0.29) is 12.5 Å². The van der Waals surface area contributed by atoms with Gasteiger partial charge in [0.1, 0.15) is 11.5 Å². The highest BCUT2D eigenvalue weighted by Crippen LogP contribution is 2.32. The number of likely N-dealkylation sites (N-methyl/N-ethyl adjacent to an activating group) is 1. The molecule has 0 spiro atoms. The van der Waals surface area contributed by atoms with Gasteiger partial charge in [-0.05, 0) is 37.6 Å². The summed E-state index contributed by atoms with van der Waals surface area (Å²) in [6, 6.07) is 9.51. The summed E-state index contributed by atoms with van der Waals surface area (Å²) in [5.74, 6) is 1.68. The Balaban J connectivity index is 1.76. The maximum Gasteiger partial charge on any atom is 0.257 e. The van der Waals surface area contributed by atoms with Crippen molar-refractivity contribution in [1.82, 2.24) is 15.5 Å². The zero-order valence-corrected chi connectivity index (χ0v) is 16.9. The Morgan fingerprint density at radius 1 is 1.24 bits per heavy atom. The first-order chi connectivity index (χ1) is 14.0. The number of anilines is 1. The average molecular weight is 396 g/mol. The molecule has 8 heteroatoms. The maximum absolute atomic E-state index is 11.3. The number of methoxy groups -OCH3 is 1. The van der Waals surface area contributed by atoms with Crippen LogP contribution in [0.5, 0.6) is 11.6 Å². The highest BCUT2D eigenvalue weighted by Gasteiger charge is 2.15. The smallest absolute Gasteiger partial charge is 0.257 e. The summed E-state index contributed by atoms with van der Waals surface area (Å²) in [6.45, 7) is 4.27. The summed E-state index contributed by atoms with van der Waals surface area (Å²) >= 11 is 0. The molecule has 0 unspecified atom stereocenters. The van der Waals surface area contributed by atoms with Gasteiger partial charge in [-0.3, -0.25) is 4.79 Å². The summed E-state index contributed by atoms with van der Waals surface area (Å²) in [5, 5.41) is 9.88. The van der Waals surface area contributed by atoms with Crippen molar-refractivity contribution in [2.24, 2.45) is 0 Å². The monoisotopic (exact) mass is 396 g/mol. The second-order valence-electron chi connectivity index (χ2n) is 6.44. The van der Waals surface area contributed by atoms with Crippen LogP contribution in [0.1, 0.15) is 17.0 Å². The fraction of sp³-hybridized carbons (Fsp3) is 0.286. The van der Waals surface area contributed by atoms with Crippen LogP contribution < -0.4 is 20.1 Å². The third-order valence-electron chi connectivity index (χ3n) is 4.40. The lowest BCUT2D eigenvalue weighted by atomic mass is 10.1. The summed E-state index contributed by atoms with van der Waals surface area (Å²) < 4.78 is 16.1. The number of nitrogens with zero attached hydrogens (tertiary/aromatic N) is 2. The number of carbonyl (C=O) groups is 1. The number of carbonyl (C=O) groups excluding carboxylic acids is 1. The number of benzene rings is 1. The van der Waals surface area contributed by atoms with Crippen molar-refractivity contribution in [3.8, 4) is 22.8 Å². The van der Waals surface area contributed by atoms with Gasteiger partial charge in [-0.15, -0.1) is 0 Å². The zero-order chi connectivity index (χ0) is 20.8. The van der Waals surface area contributed by atoms with Crippen LogP contribution >= 0.6 is 0 Å². The zero-order valence-electron chi connectivity index (χ0n) is 16.9. The Bertz CT molecular complexity index is 981. The molecule has 2 aromatic heterocycles. The van der Waals surface area contributed by atoms with Gasteiger partial charge in [-0.25, -0.2) is 4.98 Å². The SMILES string of the molecule is CNC(=O)COc1cccc(CNc2cc(-c3c(C)noc3C)cnc2OC)c1. The number of ether oxygens (including phenoxy) is 2. The molecule has 0 aliphatic carbocycles. The van der Waals surface area contributed by atoms with E-state index >= 15 is 0 Å². The van der Waals surface area contributed by atoms with E-state index in [9.17, 15) is 4.79 Å². The van der Waals surface area contributed by atoms with Gasteiger partial charge in [0.05, 0.1) is 18.5 Å². The van der Waals surface area contributed by atoms with Crippen molar-refractivity contribution in [2.45, 2.75) is 20.4 Å². The van der Waals surface area contributed by atoms with Gasteiger partial charge in [-0.1, -0.05) is 17.3 Å². The first-order valence-electron chi connectivity index (χ1n) is 9.15. The number of aryl methyl sites for hydroxylation is 2. The molecule has 2 N–H and O–H groups in total. The summed E-state index contributed by atoms with van der Waals surface area (Å²) in [5.41, 5.74) is 4.37. The van der Waals surface area contributed by atoms with Gasteiger partial charge in [0, 0.05) is 30.9 Å². The topological polar surface area (TPSA) is 98.5 Å². The number of nitrogens with one attached hydrogen (secondary N) is 2. The first kappa shape index (κ1) is 20.2. The quantitative estimate of drug-likeness (QED) is 0.604. The summed E-state index contributed by atoms with van der Waals surface area (Å²) in [7, 11) is 3.15. The van der Waals surface area contributed by atoms with Crippen LogP contribution in [0.25, 0.3) is 11.1 Å². The number of pyridine rings is 1. The molecule has 8 nitrogen and oxygen atoms in total. The molecule has 0 atom stereocenters. The third kappa shape index (κ3) is 4.84. The molecule has 1 aromatic carbocycles. The third-order valence-corrected chi connectivity index (χ3v) is 4.40. The molecule has 0 aliphatic heterocycles. The molecule has 29 heavy (non-hydrogen) atoms. The van der Waals surface area contributed by atoms with Gasteiger partial charge < -0.3 is 24.6 Å². The van der Waals surface area contributed by atoms with Gasteiger partial charge in [0.15, 0.2) is 6.61 Å². The molecule has 152 valence electrons. The number of rotatable bonds is 8. The molecule has 0 saturated heterocycles.